The van der Waals surface area contributed by atoms with Gasteiger partial charge in [-0.2, -0.15) is 0 Å². The Bertz CT molecular complexity index is 403. The summed E-state index contributed by atoms with van der Waals surface area (Å²) in [5, 5.41) is 0. The van der Waals surface area contributed by atoms with Crippen molar-refractivity contribution in [2.75, 3.05) is 7.11 Å². The minimum Gasteiger partial charge on any atom is -0.494 e. The molecule has 1 fully saturated rings. The van der Waals surface area contributed by atoms with Gasteiger partial charge in [0.25, 0.3) is 0 Å². The predicted molar refractivity (Wildman–Crippen MR) is 62.1 cm³/mol. The highest BCUT2D eigenvalue weighted by molar-refractivity contribution is 5.34. The molecule has 88 valence electrons. The van der Waals surface area contributed by atoms with E-state index >= 15 is 0 Å². The molecule has 0 aromatic heterocycles. The Labute approximate surface area is 95.6 Å². The lowest BCUT2D eigenvalue weighted by atomic mass is 9.57. The molecule has 3 heteroatoms. The topological polar surface area (TPSA) is 35.2 Å². The second kappa shape index (κ2) is 3.74. The zero-order valence-corrected chi connectivity index (χ0v) is 9.96. The molecule has 0 aliphatic heterocycles. The molecule has 2 nitrogen and oxygen atoms in total. The Morgan fingerprint density at radius 3 is 2.56 bits per heavy atom. The second-order valence-electron chi connectivity index (χ2n) is 5.11. The van der Waals surface area contributed by atoms with Gasteiger partial charge in [-0.05, 0) is 35.4 Å². The highest BCUT2D eigenvalue weighted by Gasteiger charge is 2.46. The molecule has 1 aliphatic rings. The van der Waals surface area contributed by atoms with Crippen LogP contribution in [0, 0.1) is 11.2 Å². The highest BCUT2D eigenvalue weighted by Crippen LogP contribution is 2.51. The summed E-state index contributed by atoms with van der Waals surface area (Å²) in [7, 11) is 1.47. The van der Waals surface area contributed by atoms with Crippen molar-refractivity contribution < 1.29 is 9.13 Å². The van der Waals surface area contributed by atoms with Crippen LogP contribution in [-0.4, -0.2) is 13.2 Å². The zero-order chi connectivity index (χ0) is 11.9. The van der Waals surface area contributed by atoms with Crippen LogP contribution in [0.4, 0.5) is 4.39 Å². The second-order valence-corrected chi connectivity index (χ2v) is 5.11. The van der Waals surface area contributed by atoms with E-state index < -0.39 is 0 Å². The van der Waals surface area contributed by atoms with Crippen LogP contribution >= 0.6 is 0 Å². The molecule has 2 atom stereocenters. The standard InChI is InChI=1S/C13H18FNO/c1-13(2)9(7-12(13)15)8-4-5-11(16-3)10(14)6-8/h4-6,9,12H,7,15H2,1-3H3. The fourth-order valence-electron chi connectivity index (χ4n) is 2.42. The smallest absolute Gasteiger partial charge is 0.165 e. The summed E-state index contributed by atoms with van der Waals surface area (Å²) in [6.45, 7) is 4.27. The molecular weight excluding hydrogens is 205 g/mol. The monoisotopic (exact) mass is 223 g/mol. The molecular formula is C13H18FNO. The summed E-state index contributed by atoms with van der Waals surface area (Å²) in [6, 6.07) is 5.39. The van der Waals surface area contributed by atoms with Crippen LogP contribution in [0.1, 0.15) is 31.7 Å². The lowest BCUT2D eigenvalue weighted by molar-refractivity contribution is 0.0981. The number of hydrogen-bond donors (Lipinski definition) is 1. The van der Waals surface area contributed by atoms with E-state index in [1.807, 2.05) is 6.07 Å². The molecule has 2 rings (SSSR count). The van der Waals surface area contributed by atoms with Gasteiger partial charge in [0, 0.05) is 6.04 Å². The lowest BCUT2D eigenvalue weighted by Gasteiger charge is -2.50. The van der Waals surface area contributed by atoms with Crippen LogP contribution in [-0.2, 0) is 0 Å². The number of halogens is 1. The van der Waals surface area contributed by atoms with Gasteiger partial charge in [0.1, 0.15) is 0 Å². The number of methoxy groups -OCH3 is 1. The van der Waals surface area contributed by atoms with Gasteiger partial charge in [0.15, 0.2) is 11.6 Å². The molecule has 0 amide bonds. The summed E-state index contributed by atoms with van der Waals surface area (Å²) in [5.41, 5.74) is 7.03. The molecule has 0 saturated heterocycles. The molecule has 16 heavy (non-hydrogen) atoms. The maximum atomic E-state index is 13.6. The summed E-state index contributed by atoms with van der Waals surface area (Å²) >= 11 is 0. The third kappa shape index (κ3) is 1.59. The van der Waals surface area contributed by atoms with E-state index in [0.29, 0.717) is 11.7 Å². The quantitative estimate of drug-likeness (QED) is 0.836. The Balaban J connectivity index is 2.27. The van der Waals surface area contributed by atoms with Gasteiger partial charge in [-0.1, -0.05) is 19.9 Å². The van der Waals surface area contributed by atoms with Crippen molar-refractivity contribution in [3.8, 4) is 5.75 Å². The van der Waals surface area contributed by atoms with E-state index in [4.69, 9.17) is 10.5 Å². The van der Waals surface area contributed by atoms with Crippen molar-refractivity contribution in [3.05, 3.63) is 29.6 Å². The predicted octanol–water partition coefficient (Wildman–Crippen LogP) is 2.68. The third-order valence-corrected chi connectivity index (χ3v) is 3.92. The molecule has 2 unspecified atom stereocenters. The summed E-state index contributed by atoms with van der Waals surface area (Å²) in [4.78, 5) is 0. The summed E-state index contributed by atoms with van der Waals surface area (Å²) in [5.74, 6) is 0.351. The van der Waals surface area contributed by atoms with Gasteiger partial charge >= 0.3 is 0 Å². The van der Waals surface area contributed by atoms with Crippen LogP contribution in [0.3, 0.4) is 0 Å². The first-order valence-corrected chi connectivity index (χ1v) is 5.56. The molecule has 1 aromatic rings. The summed E-state index contributed by atoms with van der Waals surface area (Å²) < 4.78 is 18.5. The van der Waals surface area contributed by atoms with Crippen LogP contribution in [0.5, 0.6) is 5.75 Å². The molecule has 1 aliphatic carbocycles. The number of rotatable bonds is 2. The maximum Gasteiger partial charge on any atom is 0.165 e. The lowest BCUT2D eigenvalue weighted by Crippen LogP contribution is -2.52. The van der Waals surface area contributed by atoms with Crippen molar-refractivity contribution in [3.63, 3.8) is 0 Å². The first kappa shape index (κ1) is 11.4. The fourth-order valence-corrected chi connectivity index (χ4v) is 2.42. The van der Waals surface area contributed by atoms with Gasteiger partial charge in [0.05, 0.1) is 7.11 Å². The average molecular weight is 223 g/mol. The van der Waals surface area contributed by atoms with E-state index in [1.54, 1.807) is 12.1 Å². The minimum absolute atomic E-state index is 0.0566. The Morgan fingerprint density at radius 2 is 2.12 bits per heavy atom. The molecule has 0 radical (unpaired) electrons. The van der Waals surface area contributed by atoms with E-state index in [-0.39, 0.29) is 17.3 Å². The molecule has 1 saturated carbocycles. The van der Waals surface area contributed by atoms with Crippen molar-refractivity contribution in [1.82, 2.24) is 0 Å². The van der Waals surface area contributed by atoms with Gasteiger partial charge in [-0.3, -0.25) is 0 Å². The third-order valence-electron chi connectivity index (χ3n) is 3.92. The van der Waals surface area contributed by atoms with Crippen LogP contribution in [0.15, 0.2) is 18.2 Å². The minimum atomic E-state index is -0.295. The Kier molecular flexibility index (Phi) is 2.66. The fraction of sp³-hybridized carbons (Fsp3) is 0.538. The SMILES string of the molecule is COc1ccc(C2CC(N)C2(C)C)cc1F. The van der Waals surface area contributed by atoms with Gasteiger partial charge in [-0.15, -0.1) is 0 Å². The number of ether oxygens (including phenoxy) is 1. The van der Waals surface area contributed by atoms with Crippen molar-refractivity contribution in [2.24, 2.45) is 11.1 Å². The zero-order valence-electron chi connectivity index (χ0n) is 9.96. The van der Waals surface area contributed by atoms with Gasteiger partial charge in [-0.25, -0.2) is 4.39 Å². The van der Waals surface area contributed by atoms with E-state index in [1.165, 1.54) is 7.11 Å². The van der Waals surface area contributed by atoms with E-state index in [0.717, 1.165) is 12.0 Å². The highest BCUT2D eigenvalue weighted by atomic mass is 19.1. The number of benzene rings is 1. The molecule has 2 N–H and O–H groups in total. The Hall–Kier alpha value is -1.09. The van der Waals surface area contributed by atoms with E-state index in [2.05, 4.69) is 13.8 Å². The van der Waals surface area contributed by atoms with Gasteiger partial charge < -0.3 is 10.5 Å². The van der Waals surface area contributed by atoms with Crippen molar-refractivity contribution >= 4 is 0 Å². The molecule has 0 heterocycles. The maximum absolute atomic E-state index is 13.6. The normalized spacial score (nSPS) is 27.3. The molecule has 1 aromatic carbocycles. The summed E-state index contributed by atoms with van der Waals surface area (Å²) in [6.07, 6.45) is 0.929. The Morgan fingerprint density at radius 1 is 1.44 bits per heavy atom. The number of nitrogens with two attached hydrogens (primary N) is 1. The molecule has 0 spiro atoms. The van der Waals surface area contributed by atoms with Crippen molar-refractivity contribution in [1.29, 1.82) is 0 Å². The van der Waals surface area contributed by atoms with Gasteiger partial charge in [0.2, 0.25) is 0 Å². The first-order valence-electron chi connectivity index (χ1n) is 5.56. The van der Waals surface area contributed by atoms with Crippen LogP contribution < -0.4 is 10.5 Å². The van der Waals surface area contributed by atoms with Crippen LogP contribution in [0.25, 0.3) is 0 Å². The number of hydrogen-bond acceptors (Lipinski definition) is 2. The molecule has 0 bridgehead atoms. The van der Waals surface area contributed by atoms with Crippen molar-refractivity contribution in [2.45, 2.75) is 32.2 Å². The van der Waals surface area contributed by atoms with E-state index in [9.17, 15) is 4.39 Å². The largest absolute Gasteiger partial charge is 0.494 e. The first-order chi connectivity index (χ1) is 7.46. The average Bonchev–Trinajstić information content (AvgIpc) is 2.25. The van der Waals surface area contributed by atoms with Crippen LogP contribution in [0.2, 0.25) is 0 Å².